The quantitative estimate of drug-likeness (QED) is 0.154. The molecule has 0 spiro atoms. The first-order chi connectivity index (χ1) is 20.3. The minimum absolute atomic E-state index is 0.367. The molecule has 1 aliphatic rings. The molecule has 0 amide bonds. The van der Waals surface area contributed by atoms with Crippen LogP contribution >= 0.6 is 0 Å². The summed E-state index contributed by atoms with van der Waals surface area (Å²) in [6.45, 7) is 0. The number of rotatable bonds is 6. The summed E-state index contributed by atoms with van der Waals surface area (Å²) in [5.74, 6) is 0. The standard InChI is InChI=1S/C28H22.2C6H5.Pb/c1-2-28(25-19-11-5-12-20-25,26-21-13-6-14-22-26)27(23-15-7-3-8-16-23)24-17-9-4-10-18-24;2*1-2-4-6-5-3-1;/h1-22H;2*1-5H;. The van der Waals surface area contributed by atoms with E-state index in [1.165, 1.54) is 28.5 Å². The van der Waals surface area contributed by atoms with Crippen molar-refractivity contribution < 1.29 is 0 Å². The third kappa shape index (κ3) is 3.77. The fourth-order valence-corrected chi connectivity index (χ4v) is 31.0. The van der Waals surface area contributed by atoms with E-state index in [0.717, 1.165) is 0 Å². The molecular formula is C40H32Pb. The molecule has 0 bridgehead atoms. The third-order valence-corrected chi connectivity index (χ3v) is 29.7. The monoisotopic (exact) mass is 720 g/mol. The van der Waals surface area contributed by atoms with E-state index in [1.54, 1.807) is 0 Å². The van der Waals surface area contributed by atoms with E-state index in [9.17, 15) is 0 Å². The van der Waals surface area contributed by atoms with Crippen LogP contribution in [0.4, 0.5) is 0 Å². The molecule has 1 heterocycles. The van der Waals surface area contributed by atoms with Crippen molar-refractivity contribution in [1.29, 1.82) is 0 Å². The van der Waals surface area contributed by atoms with E-state index in [1.807, 2.05) is 0 Å². The fourth-order valence-electron chi connectivity index (χ4n) is 7.65. The molecule has 196 valence electrons. The van der Waals surface area contributed by atoms with Gasteiger partial charge in [-0.2, -0.15) is 0 Å². The number of hydrogen-bond donors (Lipinski definition) is 0. The van der Waals surface area contributed by atoms with E-state index < -0.39 is 26.6 Å². The van der Waals surface area contributed by atoms with Crippen molar-refractivity contribution in [3.05, 3.63) is 214 Å². The Morgan fingerprint density at radius 1 is 0.317 bits per heavy atom. The second-order valence-corrected chi connectivity index (χ2v) is 25.9. The Kier molecular flexibility index (Phi) is 6.80. The van der Waals surface area contributed by atoms with Gasteiger partial charge in [-0.05, 0) is 0 Å². The van der Waals surface area contributed by atoms with Gasteiger partial charge in [-0.15, -0.1) is 0 Å². The minimum atomic E-state index is -4.20. The first kappa shape index (κ1) is 25.9. The first-order valence-corrected chi connectivity index (χ1v) is 22.5. The van der Waals surface area contributed by atoms with Gasteiger partial charge in [0, 0.05) is 0 Å². The van der Waals surface area contributed by atoms with Gasteiger partial charge in [0.15, 0.2) is 0 Å². The molecule has 1 heteroatoms. The van der Waals surface area contributed by atoms with Gasteiger partial charge in [0.1, 0.15) is 0 Å². The van der Waals surface area contributed by atoms with Crippen molar-refractivity contribution in [2.24, 2.45) is 0 Å². The van der Waals surface area contributed by atoms with Crippen LogP contribution in [-0.4, -0.2) is 21.2 Å². The summed E-state index contributed by atoms with van der Waals surface area (Å²) in [6.07, 6.45) is 2.61. The molecular weight excluding hydrogens is 688 g/mol. The third-order valence-electron chi connectivity index (χ3n) is 9.10. The Balaban J connectivity index is 1.77. The molecule has 0 radical (unpaired) electrons. The molecule has 0 nitrogen and oxygen atoms in total. The molecule has 6 aromatic rings. The molecule has 1 aliphatic heterocycles. The number of hydrogen-bond acceptors (Lipinski definition) is 0. The molecule has 0 saturated carbocycles. The zero-order valence-corrected chi connectivity index (χ0v) is 26.9. The zero-order chi connectivity index (χ0) is 27.6. The van der Waals surface area contributed by atoms with Crippen molar-refractivity contribution in [2.45, 2.75) is 8.39 Å². The van der Waals surface area contributed by atoms with Crippen LogP contribution in [0.2, 0.25) is 0 Å². The van der Waals surface area contributed by atoms with Crippen molar-refractivity contribution in [3.63, 3.8) is 0 Å². The summed E-state index contributed by atoms with van der Waals surface area (Å²) < 4.78 is 5.35. The first-order valence-electron chi connectivity index (χ1n) is 14.4. The van der Waals surface area contributed by atoms with Gasteiger partial charge < -0.3 is 0 Å². The van der Waals surface area contributed by atoms with Gasteiger partial charge in [0.2, 0.25) is 0 Å². The maximum absolute atomic E-state index is 4.20. The van der Waals surface area contributed by atoms with E-state index in [4.69, 9.17) is 0 Å². The second kappa shape index (κ2) is 10.8. The predicted molar refractivity (Wildman–Crippen MR) is 174 cm³/mol. The molecule has 0 fully saturated rings. The van der Waals surface area contributed by atoms with Crippen LogP contribution in [0, 0.1) is 0 Å². The van der Waals surface area contributed by atoms with Gasteiger partial charge in [0.25, 0.3) is 0 Å². The summed E-state index contributed by atoms with van der Waals surface area (Å²) in [6, 6.07) is 68.2. The van der Waals surface area contributed by atoms with E-state index in [-0.39, 0.29) is 2.97 Å². The van der Waals surface area contributed by atoms with Gasteiger partial charge >= 0.3 is 250 Å². The molecule has 6 aromatic carbocycles. The molecule has 0 N–H and O–H groups in total. The average molecular weight is 720 g/mol. The molecule has 0 aromatic heterocycles. The van der Waals surface area contributed by atoms with Crippen LogP contribution in [0.5, 0.6) is 0 Å². The SMILES string of the molecule is C1=[CH][Pb]([c]2ccccc2)([c]2ccccc2)[C](c2ccccc2)(c2ccccc2)C1(c1ccccc1)c1ccccc1. The van der Waals surface area contributed by atoms with Gasteiger partial charge in [-0.1, -0.05) is 0 Å². The van der Waals surface area contributed by atoms with E-state index in [0.29, 0.717) is 0 Å². The number of benzene rings is 6. The Bertz CT molecular complexity index is 1530. The van der Waals surface area contributed by atoms with Crippen molar-refractivity contribution in [3.8, 4) is 0 Å². The Morgan fingerprint density at radius 2 is 0.610 bits per heavy atom. The van der Waals surface area contributed by atoms with Gasteiger partial charge in [-0.25, -0.2) is 0 Å². The summed E-state index contributed by atoms with van der Waals surface area (Å²) in [4.78, 5) is 0. The van der Waals surface area contributed by atoms with E-state index >= 15 is 0 Å². The Hall–Kier alpha value is -4.02. The predicted octanol–water partition coefficient (Wildman–Crippen LogP) is 7.87. The fraction of sp³-hybridized carbons (Fsp3) is 0.0500. The van der Waals surface area contributed by atoms with Gasteiger partial charge in [0.05, 0.1) is 0 Å². The topological polar surface area (TPSA) is 0 Å². The number of allylic oxidation sites excluding steroid dienone is 1. The second-order valence-electron chi connectivity index (χ2n) is 10.9. The summed E-state index contributed by atoms with van der Waals surface area (Å²) >= 11 is -4.20. The molecule has 41 heavy (non-hydrogen) atoms. The van der Waals surface area contributed by atoms with Crippen LogP contribution in [-0.2, 0) is 8.39 Å². The molecule has 0 saturated heterocycles. The molecule has 0 aliphatic carbocycles. The summed E-state index contributed by atoms with van der Waals surface area (Å²) in [7, 11) is 0. The molecule has 0 atom stereocenters. The van der Waals surface area contributed by atoms with Gasteiger partial charge in [-0.3, -0.25) is 0 Å². The van der Waals surface area contributed by atoms with Crippen molar-refractivity contribution >= 4 is 27.4 Å². The van der Waals surface area contributed by atoms with Crippen LogP contribution in [0.3, 0.4) is 0 Å². The van der Waals surface area contributed by atoms with Crippen molar-refractivity contribution in [1.82, 2.24) is 0 Å². The molecule has 0 unspecified atom stereocenters. The normalized spacial score (nSPS) is 16.3. The van der Waals surface area contributed by atoms with E-state index in [2.05, 4.69) is 192 Å². The van der Waals surface area contributed by atoms with Crippen LogP contribution in [0.1, 0.15) is 22.3 Å². The average Bonchev–Trinajstić information content (AvgIpc) is 3.41. The van der Waals surface area contributed by atoms with Crippen LogP contribution in [0.15, 0.2) is 192 Å². The zero-order valence-electron chi connectivity index (χ0n) is 23.0. The summed E-state index contributed by atoms with van der Waals surface area (Å²) in [5.41, 5.74) is 4.95. The Labute approximate surface area is 248 Å². The van der Waals surface area contributed by atoms with Crippen molar-refractivity contribution in [2.75, 3.05) is 0 Å². The summed E-state index contributed by atoms with van der Waals surface area (Å²) in [5, 5.41) is 0. The van der Waals surface area contributed by atoms with Crippen LogP contribution < -0.4 is 6.25 Å². The molecule has 7 rings (SSSR count). The maximum atomic E-state index is 2.73. The Morgan fingerprint density at radius 3 is 0.951 bits per heavy atom. The van der Waals surface area contributed by atoms with Crippen LogP contribution in [0.25, 0.3) is 0 Å².